The number of nitrogens with one attached hydrogen (secondary N) is 1. The molecule has 122 valence electrons. The molecule has 0 aliphatic carbocycles. The van der Waals surface area contributed by atoms with Gasteiger partial charge in [-0.05, 0) is 37.8 Å². The first-order chi connectivity index (χ1) is 11.1. The van der Waals surface area contributed by atoms with E-state index in [9.17, 15) is 9.59 Å². The summed E-state index contributed by atoms with van der Waals surface area (Å²) in [4.78, 5) is 28.7. The number of ether oxygens (including phenoxy) is 1. The maximum Gasteiger partial charge on any atom is 0.261 e. The molecule has 0 unspecified atom stereocenters. The average molecular weight is 315 g/mol. The first kappa shape index (κ1) is 15.7. The van der Waals surface area contributed by atoms with Crippen LogP contribution < -0.4 is 10.9 Å². The van der Waals surface area contributed by atoms with Gasteiger partial charge in [0.25, 0.3) is 5.56 Å². The number of fused-ring (bicyclic) bond motifs is 1. The van der Waals surface area contributed by atoms with Crippen LogP contribution in [0.5, 0.6) is 0 Å². The van der Waals surface area contributed by atoms with Crippen LogP contribution in [0.4, 0.5) is 0 Å². The highest BCUT2D eigenvalue weighted by Crippen LogP contribution is 2.14. The fourth-order valence-electron chi connectivity index (χ4n) is 2.91. The Morgan fingerprint density at radius 3 is 3.13 bits per heavy atom. The summed E-state index contributed by atoms with van der Waals surface area (Å²) in [5.41, 5.74) is 1.45. The van der Waals surface area contributed by atoms with Crippen molar-refractivity contribution in [2.45, 2.75) is 38.8 Å². The van der Waals surface area contributed by atoms with Crippen LogP contribution in [0.1, 0.15) is 24.8 Å². The number of carbonyl (C=O) groups excluding carboxylic acids is 1. The second kappa shape index (κ2) is 6.91. The summed E-state index contributed by atoms with van der Waals surface area (Å²) in [7, 11) is 0. The van der Waals surface area contributed by atoms with Crippen LogP contribution in [0.15, 0.2) is 29.3 Å². The average Bonchev–Trinajstić information content (AvgIpc) is 3.04. The lowest BCUT2D eigenvalue weighted by Crippen LogP contribution is -2.34. The van der Waals surface area contributed by atoms with Gasteiger partial charge in [0.1, 0.15) is 6.54 Å². The predicted octanol–water partition coefficient (Wildman–Crippen LogP) is 1.39. The minimum Gasteiger partial charge on any atom is -0.378 e. The highest BCUT2D eigenvalue weighted by molar-refractivity contribution is 5.81. The summed E-state index contributed by atoms with van der Waals surface area (Å²) in [6, 6.07) is 5.48. The molecular formula is C17H21N3O3. The minimum atomic E-state index is -0.187. The number of amides is 1. The Balaban J connectivity index is 1.63. The van der Waals surface area contributed by atoms with Crippen LogP contribution in [0.3, 0.4) is 0 Å². The highest BCUT2D eigenvalue weighted by atomic mass is 16.5. The van der Waals surface area contributed by atoms with Crippen LogP contribution >= 0.6 is 0 Å². The quantitative estimate of drug-likeness (QED) is 0.905. The first-order valence-corrected chi connectivity index (χ1v) is 7.98. The van der Waals surface area contributed by atoms with E-state index in [4.69, 9.17) is 4.74 Å². The van der Waals surface area contributed by atoms with Gasteiger partial charge in [-0.3, -0.25) is 14.2 Å². The normalized spacial score (nSPS) is 17.5. The van der Waals surface area contributed by atoms with E-state index in [1.54, 1.807) is 6.07 Å². The second-order valence-corrected chi connectivity index (χ2v) is 5.92. The van der Waals surface area contributed by atoms with Crippen LogP contribution in [-0.2, 0) is 16.1 Å². The number of hydrogen-bond donors (Lipinski definition) is 1. The van der Waals surface area contributed by atoms with Gasteiger partial charge >= 0.3 is 0 Å². The first-order valence-electron chi connectivity index (χ1n) is 7.98. The maximum absolute atomic E-state index is 12.4. The molecule has 0 bridgehead atoms. The van der Waals surface area contributed by atoms with E-state index < -0.39 is 0 Å². The summed E-state index contributed by atoms with van der Waals surface area (Å²) in [6.07, 6.45) is 4.66. The van der Waals surface area contributed by atoms with E-state index in [0.717, 1.165) is 31.4 Å². The van der Waals surface area contributed by atoms with Crippen LogP contribution in [0.25, 0.3) is 10.9 Å². The summed E-state index contributed by atoms with van der Waals surface area (Å²) < 4.78 is 6.87. The fraction of sp³-hybridized carbons (Fsp3) is 0.471. The van der Waals surface area contributed by atoms with E-state index >= 15 is 0 Å². The lowest BCUT2D eigenvalue weighted by atomic mass is 10.1. The van der Waals surface area contributed by atoms with E-state index in [1.807, 2.05) is 19.1 Å². The van der Waals surface area contributed by atoms with E-state index in [0.29, 0.717) is 17.4 Å². The Morgan fingerprint density at radius 1 is 1.48 bits per heavy atom. The topological polar surface area (TPSA) is 73.2 Å². The zero-order chi connectivity index (χ0) is 16.2. The zero-order valence-electron chi connectivity index (χ0n) is 13.2. The molecule has 0 saturated carbocycles. The summed E-state index contributed by atoms with van der Waals surface area (Å²) in [6.45, 7) is 3.28. The fourth-order valence-corrected chi connectivity index (χ4v) is 2.91. The van der Waals surface area contributed by atoms with Crippen molar-refractivity contribution in [2.24, 2.45) is 0 Å². The van der Waals surface area contributed by atoms with Crippen molar-refractivity contribution in [1.82, 2.24) is 14.9 Å². The van der Waals surface area contributed by atoms with Crippen molar-refractivity contribution in [1.29, 1.82) is 0 Å². The molecule has 2 heterocycles. The SMILES string of the molecule is Cc1cccc2c(=O)n(CC(=O)NCC[C@H]3CCCO3)cnc12. The number of benzene rings is 1. The molecule has 0 radical (unpaired) electrons. The number of carbonyl (C=O) groups is 1. The Morgan fingerprint density at radius 2 is 2.35 bits per heavy atom. The third-order valence-electron chi connectivity index (χ3n) is 4.18. The van der Waals surface area contributed by atoms with Crippen LogP contribution in [-0.4, -0.2) is 34.7 Å². The number of aryl methyl sites for hydroxylation is 1. The summed E-state index contributed by atoms with van der Waals surface area (Å²) in [5.74, 6) is -0.182. The number of rotatable bonds is 5. The summed E-state index contributed by atoms with van der Waals surface area (Å²) in [5, 5.41) is 3.38. The van der Waals surface area contributed by atoms with Crippen molar-refractivity contribution in [3.63, 3.8) is 0 Å². The van der Waals surface area contributed by atoms with Gasteiger partial charge < -0.3 is 10.1 Å². The molecule has 6 heteroatoms. The maximum atomic E-state index is 12.4. The number of hydrogen-bond acceptors (Lipinski definition) is 4. The second-order valence-electron chi connectivity index (χ2n) is 5.92. The molecule has 1 aliphatic heterocycles. The molecule has 1 fully saturated rings. The van der Waals surface area contributed by atoms with E-state index in [1.165, 1.54) is 10.9 Å². The molecule has 1 aromatic carbocycles. The third kappa shape index (κ3) is 3.59. The molecule has 1 aliphatic rings. The van der Waals surface area contributed by atoms with Gasteiger partial charge in [0.15, 0.2) is 0 Å². The van der Waals surface area contributed by atoms with Crippen molar-refractivity contribution in [3.8, 4) is 0 Å². The molecule has 1 atom stereocenters. The number of aromatic nitrogens is 2. The number of para-hydroxylation sites is 1. The molecule has 23 heavy (non-hydrogen) atoms. The van der Waals surface area contributed by atoms with Crippen LogP contribution in [0.2, 0.25) is 0 Å². The third-order valence-corrected chi connectivity index (χ3v) is 4.18. The smallest absolute Gasteiger partial charge is 0.261 e. The Bertz CT molecular complexity index is 763. The molecule has 0 spiro atoms. The van der Waals surface area contributed by atoms with Crippen LogP contribution in [0, 0.1) is 6.92 Å². The highest BCUT2D eigenvalue weighted by Gasteiger charge is 2.15. The van der Waals surface area contributed by atoms with Gasteiger partial charge in [0.05, 0.1) is 23.3 Å². The van der Waals surface area contributed by atoms with Gasteiger partial charge in [0, 0.05) is 13.2 Å². The molecule has 1 aromatic heterocycles. The van der Waals surface area contributed by atoms with Crippen molar-refractivity contribution in [3.05, 3.63) is 40.4 Å². The van der Waals surface area contributed by atoms with Crippen molar-refractivity contribution >= 4 is 16.8 Å². The molecule has 3 rings (SSSR count). The monoisotopic (exact) mass is 315 g/mol. The Kier molecular flexibility index (Phi) is 4.71. The van der Waals surface area contributed by atoms with Gasteiger partial charge in [-0.1, -0.05) is 12.1 Å². The minimum absolute atomic E-state index is 0.0127. The standard InChI is InChI=1S/C17H21N3O3/c1-12-4-2-6-14-16(12)19-11-20(17(14)22)10-15(21)18-8-7-13-5-3-9-23-13/h2,4,6,11,13H,3,5,7-10H2,1H3,(H,18,21)/t13-/m1/s1. The molecular weight excluding hydrogens is 294 g/mol. The van der Waals surface area contributed by atoms with Gasteiger partial charge in [-0.15, -0.1) is 0 Å². The molecule has 1 saturated heterocycles. The largest absolute Gasteiger partial charge is 0.378 e. The van der Waals surface area contributed by atoms with E-state index in [2.05, 4.69) is 10.3 Å². The number of nitrogens with zero attached hydrogens (tertiary/aromatic N) is 2. The van der Waals surface area contributed by atoms with E-state index in [-0.39, 0.29) is 24.1 Å². The van der Waals surface area contributed by atoms with Gasteiger partial charge in [-0.2, -0.15) is 0 Å². The molecule has 1 N–H and O–H groups in total. The van der Waals surface area contributed by atoms with Crippen molar-refractivity contribution in [2.75, 3.05) is 13.2 Å². The molecule has 1 amide bonds. The zero-order valence-corrected chi connectivity index (χ0v) is 13.2. The van der Waals surface area contributed by atoms with Gasteiger partial charge in [0.2, 0.25) is 5.91 Å². The van der Waals surface area contributed by atoms with Crippen molar-refractivity contribution < 1.29 is 9.53 Å². The van der Waals surface area contributed by atoms with Gasteiger partial charge in [-0.25, -0.2) is 4.98 Å². The summed E-state index contributed by atoms with van der Waals surface area (Å²) >= 11 is 0. The lowest BCUT2D eigenvalue weighted by Gasteiger charge is -2.11. The Hall–Kier alpha value is -2.21. The molecule has 2 aromatic rings. The Labute approximate surface area is 134 Å². The predicted molar refractivity (Wildman–Crippen MR) is 87.3 cm³/mol. The lowest BCUT2D eigenvalue weighted by molar-refractivity contribution is -0.121. The molecule has 6 nitrogen and oxygen atoms in total.